The molecule has 1 aliphatic heterocycles. The maximum atomic E-state index is 5.86. The van der Waals surface area contributed by atoms with Gasteiger partial charge in [0, 0.05) is 19.7 Å². The van der Waals surface area contributed by atoms with Crippen LogP contribution in [0.5, 0.6) is 0 Å². The standard InChI is InChI=1S/C16H32N2O/c17-10-4-14-19-16-8-12-18(13-9-16)11-7-15-5-2-1-3-6-15/h15-16H,1-14,17H2. The molecule has 3 heteroatoms. The van der Waals surface area contributed by atoms with Crippen molar-refractivity contribution in [2.24, 2.45) is 11.7 Å². The van der Waals surface area contributed by atoms with Gasteiger partial charge in [0.15, 0.2) is 0 Å². The molecule has 1 heterocycles. The van der Waals surface area contributed by atoms with Crippen molar-refractivity contribution < 1.29 is 4.74 Å². The average molecular weight is 268 g/mol. The fourth-order valence-corrected chi connectivity index (χ4v) is 3.47. The number of nitrogens with zero attached hydrogens (tertiary/aromatic N) is 1. The maximum Gasteiger partial charge on any atom is 0.0599 e. The van der Waals surface area contributed by atoms with Crippen molar-refractivity contribution in [2.75, 3.05) is 32.8 Å². The number of hydrogen-bond donors (Lipinski definition) is 1. The van der Waals surface area contributed by atoms with Crippen LogP contribution in [0.1, 0.15) is 57.8 Å². The second-order valence-corrected chi connectivity index (χ2v) is 6.35. The minimum atomic E-state index is 0.498. The van der Waals surface area contributed by atoms with Crippen LogP contribution in [-0.2, 0) is 4.74 Å². The lowest BCUT2D eigenvalue weighted by Crippen LogP contribution is -2.38. The highest BCUT2D eigenvalue weighted by Crippen LogP contribution is 2.27. The Labute approximate surface area is 118 Å². The van der Waals surface area contributed by atoms with Gasteiger partial charge in [-0.1, -0.05) is 32.1 Å². The largest absolute Gasteiger partial charge is 0.378 e. The van der Waals surface area contributed by atoms with Crippen molar-refractivity contribution >= 4 is 0 Å². The highest BCUT2D eigenvalue weighted by Gasteiger charge is 2.20. The van der Waals surface area contributed by atoms with Gasteiger partial charge in [-0.3, -0.25) is 0 Å². The maximum absolute atomic E-state index is 5.86. The summed E-state index contributed by atoms with van der Waals surface area (Å²) in [5, 5.41) is 0. The first-order valence-electron chi connectivity index (χ1n) is 8.42. The minimum Gasteiger partial charge on any atom is -0.378 e. The lowest BCUT2D eigenvalue weighted by Gasteiger charge is -2.33. The first kappa shape index (κ1) is 15.3. The summed E-state index contributed by atoms with van der Waals surface area (Å²) in [6.45, 7) is 5.39. The van der Waals surface area contributed by atoms with Gasteiger partial charge in [-0.25, -0.2) is 0 Å². The summed E-state index contributed by atoms with van der Waals surface area (Å²) in [7, 11) is 0. The van der Waals surface area contributed by atoms with Crippen molar-refractivity contribution in [3.63, 3.8) is 0 Å². The summed E-state index contributed by atoms with van der Waals surface area (Å²) in [6, 6.07) is 0. The Morgan fingerprint density at radius 1 is 1.00 bits per heavy atom. The number of rotatable bonds is 7. The molecule has 1 saturated heterocycles. The number of nitrogens with two attached hydrogens (primary N) is 1. The predicted molar refractivity (Wildman–Crippen MR) is 80.3 cm³/mol. The number of piperidine rings is 1. The van der Waals surface area contributed by atoms with Crippen LogP contribution >= 0.6 is 0 Å². The van der Waals surface area contributed by atoms with Crippen LogP contribution in [0, 0.1) is 5.92 Å². The normalized spacial score (nSPS) is 23.8. The molecule has 0 aromatic rings. The van der Waals surface area contributed by atoms with E-state index in [1.165, 1.54) is 71.0 Å². The molecule has 2 rings (SSSR count). The Bertz CT molecular complexity index is 221. The molecule has 112 valence electrons. The number of likely N-dealkylation sites (tertiary alicyclic amines) is 1. The first-order valence-corrected chi connectivity index (χ1v) is 8.42. The molecule has 2 aliphatic rings. The molecule has 2 fully saturated rings. The van der Waals surface area contributed by atoms with Gasteiger partial charge in [-0.05, 0) is 44.7 Å². The summed E-state index contributed by atoms with van der Waals surface area (Å²) in [5.74, 6) is 1.02. The molecule has 2 N–H and O–H groups in total. The Balaban J connectivity index is 1.53. The van der Waals surface area contributed by atoms with Crippen molar-refractivity contribution in [3.8, 4) is 0 Å². The highest BCUT2D eigenvalue weighted by atomic mass is 16.5. The van der Waals surface area contributed by atoms with E-state index in [9.17, 15) is 0 Å². The molecule has 1 saturated carbocycles. The third-order valence-corrected chi connectivity index (χ3v) is 4.81. The molecule has 0 radical (unpaired) electrons. The topological polar surface area (TPSA) is 38.5 Å². The molecule has 0 unspecified atom stereocenters. The fraction of sp³-hybridized carbons (Fsp3) is 1.00. The van der Waals surface area contributed by atoms with Gasteiger partial charge in [-0.15, -0.1) is 0 Å². The monoisotopic (exact) mass is 268 g/mol. The van der Waals surface area contributed by atoms with E-state index in [-0.39, 0.29) is 0 Å². The Morgan fingerprint density at radius 3 is 2.42 bits per heavy atom. The third kappa shape index (κ3) is 5.80. The van der Waals surface area contributed by atoms with Crippen molar-refractivity contribution in [1.82, 2.24) is 4.90 Å². The SMILES string of the molecule is NCCCOC1CCN(CCC2CCCCC2)CC1. The second-order valence-electron chi connectivity index (χ2n) is 6.35. The van der Waals surface area contributed by atoms with Gasteiger partial charge in [0.25, 0.3) is 0 Å². The smallest absolute Gasteiger partial charge is 0.0599 e. The van der Waals surface area contributed by atoms with E-state index in [0.717, 1.165) is 25.5 Å². The quantitative estimate of drug-likeness (QED) is 0.722. The third-order valence-electron chi connectivity index (χ3n) is 4.81. The second kappa shape index (κ2) is 8.93. The summed E-state index contributed by atoms with van der Waals surface area (Å²) in [4.78, 5) is 2.65. The molecule has 3 nitrogen and oxygen atoms in total. The number of hydrogen-bond acceptors (Lipinski definition) is 3. The summed E-state index contributed by atoms with van der Waals surface area (Å²) >= 11 is 0. The van der Waals surface area contributed by atoms with Gasteiger partial charge < -0.3 is 15.4 Å². The Morgan fingerprint density at radius 2 is 1.74 bits per heavy atom. The molecule has 1 aliphatic carbocycles. The zero-order chi connectivity index (χ0) is 13.3. The van der Waals surface area contributed by atoms with Crippen LogP contribution in [-0.4, -0.2) is 43.8 Å². The molecule has 0 aromatic heterocycles. The molecular weight excluding hydrogens is 236 g/mol. The average Bonchev–Trinajstić information content (AvgIpc) is 2.48. The Hall–Kier alpha value is -0.120. The Kier molecular flexibility index (Phi) is 7.18. The van der Waals surface area contributed by atoms with Crippen LogP contribution in [0.15, 0.2) is 0 Å². The predicted octanol–water partition coefficient (Wildman–Crippen LogP) is 2.79. The molecular formula is C16H32N2O. The fourth-order valence-electron chi connectivity index (χ4n) is 3.47. The van der Waals surface area contributed by atoms with Gasteiger partial charge >= 0.3 is 0 Å². The van der Waals surface area contributed by atoms with E-state index in [1.807, 2.05) is 0 Å². The zero-order valence-corrected chi connectivity index (χ0v) is 12.5. The van der Waals surface area contributed by atoms with Crippen LogP contribution in [0.25, 0.3) is 0 Å². The molecule has 0 bridgehead atoms. The lowest BCUT2D eigenvalue weighted by molar-refractivity contribution is 0.00607. The van der Waals surface area contributed by atoms with E-state index in [2.05, 4.69) is 4.90 Å². The molecule has 19 heavy (non-hydrogen) atoms. The molecule has 0 amide bonds. The van der Waals surface area contributed by atoms with Gasteiger partial charge in [0.2, 0.25) is 0 Å². The minimum absolute atomic E-state index is 0.498. The van der Waals surface area contributed by atoms with E-state index < -0.39 is 0 Å². The highest BCUT2D eigenvalue weighted by molar-refractivity contribution is 4.74. The molecule has 0 atom stereocenters. The first-order chi connectivity index (χ1) is 9.38. The van der Waals surface area contributed by atoms with E-state index >= 15 is 0 Å². The lowest BCUT2D eigenvalue weighted by atomic mass is 9.87. The van der Waals surface area contributed by atoms with E-state index in [1.54, 1.807) is 0 Å². The van der Waals surface area contributed by atoms with Gasteiger partial charge in [0.05, 0.1) is 6.10 Å². The molecule has 0 spiro atoms. The van der Waals surface area contributed by atoms with Crippen LogP contribution < -0.4 is 5.73 Å². The van der Waals surface area contributed by atoms with Gasteiger partial charge in [0.1, 0.15) is 0 Å². The van der Waals surface area contributed by atoms with E-state index in [0.29, 0.717) is 6.10 Å². The van der Waals surface area contributed by atoms with Crippen molar-refractivity contribution in [2.45, 2.75) is 63.9 Å². The summed E-state index contributed by atoms with van der Waals surface area (Å²) in [5.41, 5.74) is 5.49. The van der Waals surface area contributed by atoms with Crippen LogP contribution in [0.2, 0.25) is 0 Å². The zero-order valence-electron chi connectivity index (χ0n) is 12.5. The number of ether oxygens (including phenoxy) is 1. The summed E-state index contributed by atoms with van der Waals surface area (Å²) in [6.07, 6.45) is 12.8. The summed E-state index contributed by atoms with van der Waals surface area (Å²) < 4.78 is 5.86. The molecule has 0 aromatic carbocycles. The van der Waals surface area contributed by atoms with Crippen LogP contribution in [0.3, 0.4) is 0 Å². The van der Waals surface area contributed by atoms with Gasteiger partial charge in [-0.2, -0.15) is 0 Å². The van der Waals surface area contributed by atoms with Crippen molar-refractivity contribution in [3.05, 3.63) is 0 Å². The van der Waals surface area contributed by atoms with Crippen molar-refractivity contribution in [1.29, 1.82) is 0 Å². The van der Waals surface area contributed by atoms with Crippen LogP contribution in [0.4, 0.5) is 0 Å². The van der Waals surface area contributed by atoms with E-state index in [4.69, 9.17) is 10.5 Å².